The van der Waals surface area contributed by atoms with E-state index in [0.717, 1.165) is 32.9 Å². The summed E-state index contributed by atoms with van der Waals surface area (Å²) >= 11 is 0. The van der Waals surface area contributed by atoms with Crippen molar-refractivity contribution in [3.8, 4) is 0 Å². The molecule has 3 aliphatic rings. The van der Waals surface area contributed by atoms with E-state index in [-0.39, 0.29) is 102 Å². The van der Waals surface area contributed by atoms with Gasteiger partial charge in [-0.2, -0.15) is 0 Å². The van der Waals surface area contributed by atoms with Crippen LogP contribution in [0.1, 0.15) is 101 Å². The van der Waals surface area contributed by atoms with Crippen molar-refractivity contribution in [2.75, 3.05) is 45.8 Å². The van der Waals surface area contributed by atoms with E-state index in [1.807, 2.05) is 4.90 Å². The van der Waals surface area contributed by atoms with Crippen molar-refractivity contribution < 1.29 is 53.4 Å². The van der Waals surface area contributed by atoms with Gasteiger partial charge in [0.1, 0.15) is 6.04 Å². The molecule has 9 rings (SSSR count). The summed E-state index contributed by atoms with van der Waals surface area (Å²) < 4.78 is 0. The summed E-state index contributed by atoms with van der Waals surface area (Å²) in [4.78, 5) is 133. The highest BCUT2D eigenvalue weighted by molar-refractivity contribution is 6.28. The van der Waals surface area contributed by atoms with Crippen molar-refractivity contribution in [2.24, 2.45) is 0 Å². The number of carbonyl (C=O) groups excluding carboxylic acids is 6. The van der Waals surface area contributed by atoms with Gasteiger partial charge in [-0.15, -0.1) is 0 Å². The van der Waals surface area contributed by atoms with Crippen LogP contribution < -0.4 is 5.32 Å². The van der Waals surface area contributed by atoms with Gasteiger partial charge >= 0.3 is 5.97 Å². The van der Waals surface area contributed by atoms with Gasteiger partial charge in [-0.05, 0) is 92.6 Å². The van der Waals surface area contributed by atoms with Gasteiger partial charge in [-0.3, -0.25) is 78.6 Å². The number of nitro benzene ring substituents is 3. The third-order valence-corrected chi connectivity index (χ3v) is 13.5. The number of carboxylic acid groups (broad SMARTS) is 1. The van der Waals surface area contributed by atoms with Crippen LogP contribution in [0, 0.1) is 30.3 Å². The number of nitro groups is 3. The Morgan fingerprint density at radius 3 is 1.19 bits per heavy atom. The molecule has 0 fully saturated rings. The summed E-state index contributed by atoms with van der Waals surface area (Å²) in [6.07, 6.45) is 1.70. The molecule has 6 aromatic carbocycles. The zero-order chi connectivity index (χ0) is 51.8. The molecule has 0 unspecified atom stereocenters. The molecule has 73 heavy (non-hydrogen) atoms. The smallest absolute Gasteiger partial charge is 0.320 e. The minimum absolute atomic E-state index is 0.0283. The fraction of sp³-hybridized carbons (Fsp3) is 0.275. The maximum Gasteiger partial charge on any atom is 0.320 e. The fourth-order valence-electron chi connectivity index (χ4n) is 10.1. The van der Waals surface area contributed by atoms with Crippen molar-refractivity contribution in [1.29, 1.82) is 0 Å². The number of nitrogens with one attached hydrogen (secondary N) is 1. The normalized spacial score (nSPS) is 14.6. The van der Waals surface area contributed by atoms with Crippen LogP contribution in [-0.2, 0) is 4.79 Å². The first-order chi connectivity index (χ1) is 35.0. The van der Waals surface area contributed by atoms with E-state index >= 15 is 0 Å². The Bertz CT molecular complexity index is 3270. The van der Waals surface area contributed by atoms with Crippen LogP contribution in [0.25, 0.3) is 32.3 Å². The Kier molecular flexibility index (Phi) is 13.5. The molecule has 0 spiro atoms. The quantitative estimate of drug-likeness (QED) is 0.0308. The van der Waals surface area contributed by atoms with Crippen LogP contribution in [0.4, 0.5) is 17.1 Å². The van der Waals surface area contributed by atoms with Crippen molar-refractivity contribution in [3.05, 3.63) is 155 Å². The Morgan fingerprint density at radius 1 is 0.493 bits per heavy atom. The monoisotopic (exact) mass is 992 g/mol. The fourth-order valence-corrected chi connectivity index (χ4v) is 10.1. The molecule has 0 saturated heterocycles. The number of hydrogen-bond acceptors (Lipinski definition) is 15. The minimum atomic E-state index is -1.13. The topological polar surface area (TPSA) is 294 Å². The molecular weight excluding hydrogens is 949 g/mol. The van der Waals surface area contributed by atoms with Crippen LogP contribution >= 0.6 is 0 Å². The summed E-state index contributed by atoms with van der Waals surface area (Å²) in [7, 11) is 0. The van der Waals surface area contributed by atoms with E-state index in [4.69, 9.17) is 0 Å². The molecule has 0 saturated carbocycles. The number of unbranched alkanes of at least 4 members (excludes halogenated alkanes) is 1. The Morgan fingerprint density at radius 2 is 0.836 bits per heavy atom. The third kappa shape index (κ3) is 9.31. The molecule has 0 radical (unpaired) electrons. The first-order valence-corrected chi connectivity index (χ1v) is 23.4. The summed E-state index contributed by atoms with van der Waals surface area (Å²) in [5.74, 6) is -4.87. The van der Waals surface area contributed by atoms with Gasteiger partial charge in [0.2, 0.25) is 0 Å². The number of rotatable bonds is 22. The third-order valence-electron chi connectivity index (χ3n) is 13.5. The van der Waals surface area contributed by atoms with Crippen LogP contribution in [0.3, 0.4) is 0 Å². The lowest BCUT2D eigenvalue weighted by Gasteiger charge is -2.30. The number of benzene rings is 6. The summed E-state index contributed by atoms with van der Waals surface area (Å²) in [5, 5.41) is 50.3. The standard InChI is InChI=1S/C51H44N8O14/c60-45-35-12-3-9-29-23-32(57(68)69)26-38(42(29)35)48(63)54(45)20-6-16-52-41(51(66)67)15-1-2-17-53(18-7-21-55-46(61)36-13-4-10-30-24-33(58(70)71)27-39(43(30)36)49(55)64)19-8-22-56-47(62)37-14-5-11-31-25-34(59(72)73)28-40(44(31)37)50(56)65/h3-5,9-14,23-28,41,52H,1-2,6-8,15-22H2,(H,66,67)/t41-/m0/s1. The second kappa shape index (κ2) is 20.1. The average Bonchev–Trinajstić information content (AvgIpc) is 3.37. The molecule has 22 nitrogen and oxygen atoms in total. The zero-order valence-corrected chi connectivity index (χ0v) is 38.8. The van der Waals surface area contributed by atoms with Crippen LogP contribution in [0.5, 0.6) is 0 Å². The lowest BCUT2D eigenvalue weighted by Crippen LogP contribution is -2.43. The first kappa shape index (κ1) is 49.1. The molecule has 1 atom stereocenters. The molecule has 372 valence electrons. The lowest BCUT2D eigenvalue weighted by molar-refractivity contribution is -0.384. The van der Waals surface area contributed by atoms with E-state index in [0.29, 0.717) is 64.8 Å². The average molecular weight is 993 g/mol. The molecule has 3 heterocycles. The molecule has 2 N–H and O–H groups in total. The van der Waals surface area contributed by atoms with Crippen molar-refractivity contribution in [3.63, 3.8) is 0 Å². The number of carbonyl (C=O) groups is 7. The predicted molar refractivity (Wildman–Crippen MR) is 261 cm³/mol. The second-order valence-corrected chi connectivity index (χ2v) is 18.0. The molecule has 6 amide bonds. The number of imide groups is 3. The number of hydrogen-bond donors (Lipinski definition) is 2. The van der Waals surface area contributed by atoms with Crippen LogP contribution in [0.2, 0.25) is 0 Å². The van der Waals surface area contributed by atoms with Gasteiger partial charge < -0.3 is 15.3 Å². The van der Waals surface area contributed by atoms with Crippen molar-refractivity contribution in [2.45, 2.75) is 44.6 Å². The second-order valence-electron chi connectivity index (χ2n) is 18.0. The highest BCUT2D eigenvalue weighted by Crippen LogP contribution is 2.37. The molecule has 0 aromatic heterocycles. The molecule has 3 aliphatic heterocycles. The summed E-state index contributed by atoms with van der Waals surface area (Å²) in [5.41, 5.74) is -0.134. The van der Waals surface area contributed by atoms with E-state index in [2.05, 4.69) is 5.32 Å². The maximum absolute atomic E-state index is 13.8. The number of non-ortho nitro benzene ring substituents is 3. The lowest BCUT2D eigenvalue weighted by atomic mass is 9.93. The number of carboxylic acids is 1. The van der Waals surface area contributed by atoms with Crippen molar-refractivity contribution >= 4 is 90.8 Å². The first-order valence-electron chi connectivity index (χ1n) is 23.4. The van der Waals surface area contributed by atoms with E-state index in [1.54, 1.807) is 54.6 Å². The highest BCUT2D eigenvalue weighted by Gasteiger charge is 2.37. The van der Waals surface area contributed by atoms with Gasteiger partial charge in [0, 0.05) is 88.9 Å². The van der Waals surface area contributed by atoms with Crippen molar-refractivity contribution in [1.82, 2.24) is 24.9 Å². The summed E-state index contributed by atoms with van der Waals surface area (Å²) in [6, 6.07) is 20.5. The largest absolute Gasteiger partial charge is 0.480 e. The van der Waals surface area contributed by atoms with Gasteiger partial charge in [-0.25, -0.2) is 0 Å². The number of nitrogens with zero attached hydrogens (tertiary/aromatic N) is 7. The molecule has 22 heteroatoms. The minimum Gasteiger partial charge on any atom is -0.480 e. The van der Waals surface area contributed by atoms with E-state index in [1.165, 1.54) is 18.2 Å². The number of amides is 6. The van der Waals surface area contributed by atoms with Crippen LogP contribution in [-0.4, -0.2) is 133 Å². The van der Waals surface area contributed by atoms with E-state index < -0.39 is 62.2 Å². The summed E-state index contributed by atoms with van der Waals surface area (Å²) in [6.45, 7) is 0.865. The maximum atomic E-state index is 13.8. The predicted octanol–water partition coefficient (Wildman–Crippen LogP) is 6.74. The Hall–Kier alpha value is -8.89. The SMILES string of the molecule is O=C(O)[C@H](CCCCN(CCCN1C(=O)c2cccc3cc([N+](=O)[O-])cc(c23)C1=O)CCCN1C(=O)c2cccc3cc([N+](=O)[O-])cc(c23)C1=O)NCCCN1C(=O)c2cccc3cc([N+](=O)[O-])cc(c23)C1=O. The van der Waals surface area contributed by atoms with E-state index in [9.17, 15) is 69.0 Å². The van der Waals surface area contributed by atoms with Gasteiger partial charge in [-0.1, -0.05) is 42.8 Å². The van der Waals surface area contributed by atoms with Gasteiger partial charge in [0.15, 0.2) is 0 Å². The molecular formula is C51H44N8O14. The molecule has 0 bridgehead atoms. The van der Waals surface area contributed by atoms with Crippen LogP contribution in [0.15, 0.2) is 91.0 Å². The molecule has 6 aromatic rings. The van der Waals surface area contributed by atoms with Gasteiger partial charge in [0.25, 0.3) is 52.5 Å². The highest BCUT2D eigenvalue weighted by atomic mass is 16.6. The Balaban J connectivity index is 0.838. The number of aliphatic carboxylic acids is 1. The van der Waals surface area contributed by atoms with Gasteiger partial charge in [0.05, 0.1) is 31.5 Å². The Labute approximate surface area is 413 Å². The molecule has 0 aliphatic carbocycles. The zero-order valence-electron chi connectivity index (χ0n) is 38.8.